The third-order valence-corrected chi connectivity index (χ3v) is 5.69. The Hall–Kier alpha value is -1.86. The minimum atomic E-state index is -0.222. The summed E-state index contributed by atoms with van der Waals surface area (Å²) in [6.07, 6.45) is 1.84. The molecule has 1 N–H and O–H groups in total. The number of rotatable bonds is 5. The van der Waals surface area contributed by atoms with E-state index < -0.39 is 0 Å². The summed E-state index contributed by atoms with van der Waals surface area (Å²) in [7, 11) is 0. The van der Waals surface area contributed by atoms with Gasteiger partial charge < -0.3 is 5.32 Å². The number of nitrogens with zero attached hydrogens (tertiary/aromatic N) is 1. The zero-order valence-corrected chi connectivity index (χ0v) is 17.1. The Labute approximate surface area is 176 Å². The Morgan fingerprint density at radius 1 is 1.19 bits per heavy atom. The molecule has 1 saturated heterocycles. The highest BCUT2D eigenvalue weighted by atomic mass is 35.5. The summed E-state index contributed by atoms with van der Waals surface area (Å²) in [5, 5.41) is 3.85. The quantitative estimate of drug-likeness (QED) is 0.515. The van der Waals surface area contributed by atoms with Gasteiger partial charge in [-0.1, -0.05) is 71.4 Å². The molecule has 1 heterocycles. The lowest BCUT2D eigenvalue weighted by molar-refractivity contribution is -0.122. The molecule has 4 nitrogen and oxygen atoms in total. The van der Waals surface area contributed by atoms with Crippen molar-refractivity contribution >= 4 is 75.1 Å². The minimum Gasteiger partial charge on any atom is -0.326 e. The second kappa shape index (κ2) is 8.89. The van der Waals surface area contributed by atoms with Gasteiger partial charge in [-0.15, -0.1) is 0 Å². The largest absolute Gasteiger partial charge is 0.326 e. The number of carbonyl (C=O) groups excluding carboxylic acids is 2. The van der Waals surface area contributed by atoms with E-state index in [2.05, 4.69) is 5.32 Å². The second-order valence-corrected chi connectivity index (χ2v) is 8.18. The summed E-state index contributed by atoms with van der Waals surface area (Å²) in [6.45, 7) is 0.205. The Balaban J connectivity index is 1.62. The summed E-state index contributed by atoms with van der Waals surface area (Å²) >= 11 is 18.5. The maximum atomic E-state index is 12.6. The monoisotopic (exact) mass is 436 g/mol. The van der Waals surface area contributed by atoms with Gasteiger partial charge in [-0.2, -0.15) is 0 Å². The predicted octanol–water partition coefficient (Wildman–Crippen LogP) is 5.22. The predicted molar refractivity (Wildman–Crippen MR) is 116 cm³/mol. The summed E-state index contributed by atoms with van der Waals surface area (Å²) in [5.74, 6) is -0.443. The number of benzene rings is 2. The number of amides is 2. The van der Waals surface area contributed by atoms with Gasteiger partial charge in [0, 0.05) is 28.7 Å². The first-order valence-corrected chi connectivity index (χ1v) is 9.97. The van der Waals surface area contributed by atoms with E-state index in [1.54, 1.807) is 36.4 Å². The fraction of sp³-hybridized carbons (Fsp3) is 0.105. The highest BCUT2D eigenvalue weighted by Gasteiger charge is 2.32. The molecule has 138 valence electrons. The number of halogens is 2. The van der Waals surface area contributed by atoms with Crippen molar-refractivity contribution in [3.63, 3.8) is 0 Å². The molecule has 0 aliphatic carbocycles. The summed E-state index contributed by atoms with van der Waals surface area (Å²) in [5.41, 5.74) is 1.36. The summed E-state index contributed by atoms with van der Waals surface area (Å²) in [6, 6.07) is 14.1. The molecule has 0 aromatic heterocycles. The van der Waals surface area contributed by atoms with E-state index in [1.807, 2.05) is 18.2 Å². The normalized spacial score (nSPS) is 15.5. The van der Waals surface area contributed by atoms with E-state index in [9.17, 15) is 9.59 Å². The van der Waals surface area contributed by atoms with Crippen LogP contribution in [0.15, 0.2) is 53.4 Å². The van der Waals surface area contributed by atoms with Crippen LogP contribution in [0.4, 0.5) is 5.69 Å². The van der Waals surface area contributed by atoms with Crippen molar-refractivity contribution in [1.29, 1.82) is 0 Å². The third kappa shape index (κ3) is 5.11. The Morgan fingerprint density at radius 2 is 1.96 bits per heavy atom. The lowest BCUT2D eigenvalue weighted by Crippen LogP contribution is -2.31. The number of thiocarbonyl (C=S) groups is 1. The van der Waals surface area contributed by atoms with Crippen molar-refractivity contribution in [2.75, 3.05) is 11.9 Å². The van der Waals surface area contributed by atoms with Gasteiger partial charge in [-0.3, -0.25) is 14.5 Å². The van der Waals surface area contributed by atoms with Crippen LogP contribution >= 0.6 is 47.2 Å². The highest BCUT2D eigenvalue weighted by molar-refractivity contribution is 8.26. The summed E-state index contributed by atoms with van der Waals surface area (Å²) < 4.78 is 0.425. The second-order valence-electron chi connectivity index (χ2n) is 5.66. The molecule has 1 aliphatic rings. The van der Waals surface area contributed by atoms with Crippen molar-refractivity contribution in [3.8, 4) is 0 Å². The molecule has 2 amide bonds. The van der Waals surface area contributed by atoms with Gasteiger partial charge in [-0.05, 0) is 35.9 Å². The molecule has 3 rings (SSSR count). The lowest BCUT2D eigenvalue weighted by atomic mass is 10.2. The van der Waals surface area contributed by atoms with E-state index in [-0.39, 0.29) is 24.8 Å². The molecule has 1 fully saturated rings. The molecule has 0 saturated carbocycles. The topological polar surface area (TPSA) is 49.4 Å². The van der Waals surface area contributed by atoms with Crippen molar-refractivity contribution in [2.45, 2.75) is 6.42 Å². The van der Waals surface area contributed by atoms with E-state index in [0.717, 1.165) is 5.56 Å². The van der Waals surface area contributed by atoms with Crippen LogP contribution < -0.4 is 5.32 Å². The van der Waals surface area contributed by atoms with E-state index >= 15 is 0 Å². The molecule has 2 aromatic rings. The average molecular weight is 437 g/mol. The molecule has 0 radical (unpaired) electrons. The SMILES string of the molecule is O=C(CCN1C(=O)/C(=C\c2ccccc2Cl)SC1=S)Nc1cccc(Cl)c1. The molecule has 2 aromatic carbocycles. The molecule has 27 heavy (non-hydrogen) atoms. The molecule has 0 bridgehead atoms. The fourth-order valence-electron chi connectivity index (χ4n) is 2.43. The first-order chi connectivity index (χ1) is 12.9. The molecule has 0 spiro atoms. The Bertz CT molecular complexity index is 947. The first kappa shape index (κ1) is 19.9. The summed E-state index contributed by atoms with van der Waals surface area (Å²) in [4.78, 5) is 26.7. The van der Waals surface area contributed by atoms with E-state index in [1.165, 1.54) is 16.7 Å². The third-order valence-electron chi connectivity index (χ3n) is 3.74. The molecule has 1 aliphatic heterocycles. The van der Waals surface area contributed by atoms with Crippen molar-refractivity contribution < 1.29 is 9.59 Å². The van der Waals surface area contributed by atoms with Crippen LogP contribution in [0.5, 0.6) is 0 Å². The van der Waals surface area contributed by atoms with Crippen LogP contribution in [0.3, 0.4) is 0 Å². The maximum Gasteiger partial charge on any atom is 0.266 e. The number of anilines is 1. The van der Waals surface area contributed by atoms with Crippen LogP contribution in [0.2, 0.25) is 10.0 Å². The van der Waals surface area contributed by atoms with Crippen molar-refractivity contribution in [3.05, 3.63) is 69.0 Å². The number of nitrogens with one attached hydrogen (secondary N) is 1. The standard InChI is InChI=1S/C19H14Cl2N2O2S2/c20-13-5-3-6-14(11-13)22-17(24)8-9-23-18(25)16(27-19(23)26)10-12-4-1-2-7-15(12)21/h1-7,10-11H,8-9H2,(H,22,24)/b16-10+. The minimum absolute atomic E-state index is 0.123. The average Bonchev–Trinajstić information content (AvgIpc) is 2.88. The van der Waals surface area contributed by atoms with Crippen LogP contribution in [0.25, 0.3) is 6.08 Å². The molecular weight excluding hydrogens is 423 g/mol. The van der Waals surface area contributed by atoms with Gasteiger partial charge in [0.1, 0.15) is 4.32 Å². The Kier molecular flexibility index (Phi) is 6.55. The number of hydrogen-bond acceptors (Lipinski definition) is 4. The molecule has 0 atom stereocenters. The van der Waals surface area contributed by atoms with Gasteiger partial charge in [0.05, 0.1) is 4.91 Å². The van der Waals surface area contributed by atoms with Crippen molar-refractivity contribution in [2.24, 2.45) is 0 Å². The number of thioether (sulfide) groups is 1. The number of hydrogen-bond donors (Lipinski definition) is 1. The van der Waals surface area contributed by atoms with Gasteiger partial charge in [-0.25, -0.2) is 0 Å². The van der Waals surface area contributed by atoms with Crippen LogP contribution in [0.1, 0.15) is 12.0 Å². The maximum absolute atomic E-state index is 12.6. The van der Waals surface area contributed by atoms with E-state index in [4.69, 9.17) is 35.4 Å². The fourth-order valence-corrected chi connectivity index (χ4v) is 4.11. The van der Waals surface area contributed by atoms with Crippen LogP contribution in [0, 0.1) is 0 Å². The van der Waals surface area contributed by atoms with Gasteiger partial charge in [0.15, 0.2) is 0 Å². The zero-order chi connectivity index (χ0) is 19.4. The molecular formula is C19H14Cl2N2O2S2. The van der Waals surface area contributed by atoms with Crippen LogP contribution in [-0.2, 0) is 9.59 Å². The van der Waals surface area contributed by atoms with Gasteiger partial charge in [0.2, 0.25) is 5.91 Å². The Morgan fingerprint density at radius 3 is 2.70 bits per heavy atom. The molecule has 0 unspecified atom stereocenters. The van der Waals surface area contributed by atoms with E-state index in [0.29, 0.717) is 25.0 Å². The van der Waals surface area contributed by atoms with Gasteiger partial charge in [0.25, 0.3) is 5.91 Å². The lowest BCUT2D eigenvalue weighted by Gasteiger charge is -2.14. The first-order valence-electron chi connectivity index (χ1n) is 7.99. The van der Waals surface area contributed by atoms with Gasteiger partial charge >= 0.3 is 0 Å². The smallest absolute Gasteiger partial charge is 0.266 e. The zero-order valence-electron chi connectivity index (χ0n) is 13.9. The van der Waals surface area contributed by atoms with Crippen LogP contribution in [-0.4, -0.2) is 27.6 Å². The highest BCUT2D eigenvalue weighted by Crippen LogP contribution is 2.33. The molecule has 8 heteroatoms. The van der Waals surface area contributed by atoms with Crippen molar-refractivity contribution in [1.82, 2.24) is 4.90 Å². The number of carbonyl (C=O) groups is 2.